The van der Waals surface area contributed by atoms with Gasteiger partial charge < -0.3 is 5.73 Å². The van der Waals surface area contributed by atoms with E-state index in [1.165, 1.54) is 6.20 Å². The number of nitrogens with two attached hydrogens (primary N) is 1. The van der Waals surface area contributed by atoms with Gasteiger partial charge in [-0.15, -0.1) is 0 Å². The first-order valence-electron chi connectivity index (χ1n) is 6.93. The Balaban J connectivity index is 2.27. The molecule has 0 amide bonds. The van der Waals surface area contributed by atoms with E-state index in [4.69, 9.17) is 11.0 Å². The van der Waals surface area contributed by atoms with Gasteiger partial charge in [-0.05, 0) is 42.2 Å². The van der Waals surface area contributed by atoms with E-state index >= 15 is 0 Å². The lowest BCUT2D eigenvalue weighted by atomic mass is 9.97. The number of alkyl halides is 6. The maximum absolute atomic E-state index is 12.8. The largest absolute Gasteiger partial charge is 0.418 e. The van der Waals surface area contributed by atoms with Crippen LogP contribution in [0.25, 0.3) is 0 Å². The summed E-state index contributed by atoms with van der Waals surface area (Å²) in [5.41, 5.74) is 3.07. The summed E-state index contributed by atoms with van der Waals surface area (Å²) in [6.45, 7) is 0. The van der Waals surface area contributed by atoms with E-state index in [1.807, 2.05) is 0 Å². The number of anilines is 1. The van der Waals surface area contributed by atoms with Crippen LogP contribution < -0.4 is 5.73 Å². The third-order valence-electron chi connectivity index (χ3n) is 3.51. The summed E-state index contributed by atoms with van der Waals surface area (Å²) >= 11 is 0. The molecule has 25 heavy (non-hydrogen) atoms. The summed E-state index contributed by atoms with van der Waals surface area (Å²) in [5, 5.41) is 9.03. The molecule has 0 aliphatic rings. The van der Waals surface area contributed by atoms with Gasteiger partial charge in [0.2, 0.25) is 0 Å². The molecule has 9 heteroatoms. The Morgan fingerprint density at radius 1 is 0.960 bits per heavy atom. The van der Waals surface area contributed by atoms with Crippen molar-refractivity contribution in [2.45, 2.75) is 25.2 Å². The van der Waals surface area contributed by atoms with Gasteiger partial charge in [-0.3, -0.25) is 4.98 Å². The number of hydrogen-bond acceptors (Lipinski definition) is 3. The second-order valence-corrected chi connectivity index (χ2v) is 5.29. The molecule has 0 saturated heterocycles. The fourth-order valence-corrected chi connectivity index (χ4v) is 2.28. The molecule has 0 spiro atoms. The minimum absolute atomic E-state index is 0.0498. The number of nitrogens with zero attached hydrogens (tertiary/aromatic N) is 2. The Labute approximate surface area is 138 Å². The summed E-state index contributed by atoms with van der Waals surface area (Å²) in [7, 11) is 0. The van der Waals surface area contributed by atoms with Crippen molar-refractivity contribution in [3.05, 3.63) is 58.4 Å². The highest BCUT2D eigenvalue weighted by Gasteiger charge is 2.34. The zero-order valence-corrected chi connectivity index (χ0v) is 12.5. The van der Waals surface area contributed by atoms with Crippen LogP contribution in [0, 0.1) is 11.3 Å². The van der Waals surface area contributed by atoms with E-state index in [9.17, 15) is 26.3 Å². The minimum Gasteiger partial charge on any atom is -0.398 e. The number of benzene rings is 1. The highest BCUT2D eigenvalue weighted by Crippen LogP contribution is 2.35. The van der Waals surface area contributed by atoms with Gasteiger partial charge in [0.25, 0.3) is 0 Å². The molecular formula is C16H11F6N3. The van der Waals surface area contributed by atoms with Crippen LogP contribution in [0.4, 0.5) is 32.0 Å². The van der Waals surface area contributed by atoms with Crippen molar-refractivity contribution >= 4 is 5.69 Å². The van der Waals surface area contributed by atoms with E-state index in [-0.39, 0.29) is 29.5 Å². The summed E-state index contributed by atoms with van der Waals surface area (Å²) < 4.78 is 76.4. The van der Waals surface area contributed by atoms with Crippen LogP contribution >= 0.6 is 0 Å². The predicted octanol–water partition coefficient (Wildman–Crippen LogP) is 4.36. The molecule has 0 unspecified atom stereocenters. The number of nitriles is 1. The van der Waals surface area contributed by atoms with Crippen molar-refractivity contribution in [1.29, 1.82) is 5.26 Å². The van der Waals surface area contributed by atoms with Gasteiger partial charge in [0, 0.05) is 18.1 Å². The zero-order valence-electron chi connectivity index (χ0n) is 12.5. The van der Waals surface area contributed by atoms with Crippen molar-refractivity contribution in [2.24, 2.45) is 0 Å². The third kappa shape index (κ3) is 4.41. The second-order valence-electron chi connectivity index (χ2n) is 5.29. The topological polar surface area (TPSA) is 62.7 Å². The molecule has 2 aromatic rings. The van der Waals surface area contributed by atoms with Crippen LogP contribution in [-0.4, -0.2) is 4.98 Å². The van der Waals surface area contributed by atoms with E-state index < -0.39 is 29.2 Å². The van der Waals surface area contributed by atoms with Crippen LogP contribution in [0.1, 0.15) is 27.8 Å². The molecule has 0 fully saturated rings. The fourth-order valence-electron chi connectivity index (χ4n) is 2.28. The molecule has 3 nitrogen and oxygen atoms in total. The van der Waals surface area contributed by atoms with Gasteiger partial charge in [0.15, 0.2) is 0 Å². The van der Waals surface area contributed by atoms with Gasteiger partial charge in [-0.25, -0.2) is 0 Å². The summed E-state index contributed by atoms with van der Waals surface area (Å²) in [5.74, 6) is 0. The average Bonchev–Trinajstić information content (AvgIpc) is 2.51. The molecular weight excluding hydrogens is 348 g/mol. The first kappa shape index (κ1) is 18.6. The quantitative estimate of drug-likeness (QED) is 0.654. The molecule has 0 aliphatic carbocycles. The first-order valence-corrected chi connectivity index (χ1v) is 6.93. The van der Waals surface area contributed by atoms with Crippen LogP contribution in [0.2, 0.25) is 0 Å². The number of rotatable bonds is 3. The van der Waals surface area contributed by atoms with Crippen molar-refractivity contribution < 1.29 is 26.3 Å². The molecule has 2 N–H and O–H groups in total. The molecule has 0 radical (unpaired) electrons. The Bertz CT molecular complexity index is 818. The summed E-state index contributed by atoms with van der Waals surface area (Å²) in [6, 6.07) is 4.24. The van der Waals surface area contributed by atoms with Crippen LogP contribution in [0.5, 0.6) is 0 Å². The normalized spacial score (nSPS) is 12.0. The maximum Gasteiger partial charge on any atom is 0.418 e. The fraction of sp³-hybridized carbons (Fsp3) is 0.250. The van der Waals surface area contributed by atoms with Crippen molar-refractivity contribution in [3.63, 3.8) is 0 Å². The molecule has 132 valence electrons. The molecule has 1 heterocycles. The Kier molecular flexibility index (Phi) is 4.92. The van der Waals surface area contributed by atoms with Crippen molar-refractivity contribution in [1.82, 2.24) is 4.98 Å². The highest BCUT2D eigenvalue weighted by molar-refractivity contribution is 5.56. The molecule has 1 aromatic heterocycles. The van der Waals surface area contributed by atoms with Crippen molar-refractivity contribution in [3.8, 4) is 6.07 Å². The Hall–Kier alpha value is -2.76. The standard InChI is InChI=1S/C16H11F6N3/c17-15(18,19)12-3-9(7-25-8-12)1-2-10-5-14(24)13(16(20,21)22)4-11(10)6-23/h3-5,7-8H,1-2,24H2. The molecule has 2 rings (SSSR count). The lowest BCUT2D eigenvalue weighted by molar-refractivity contribution is -0.138. The van der Waals surface area contributed by atoms with E-state index in [0.29, 0.717) is 12.3 Å². The zero-order chi connectivity index (χ0) is 18.8. The Morgan fingerprint density at radius 3 is 2.20 bits per heavy atom. The van der Waals surface area contributed by atoms with E-state index in [1.54, 1.807) is 6.07 Å². The maximum atomic E-state index is 12.8. The minimum atomic E-state index is -4.70. The first-order chi connectivity index (χ1) is 11.5. The number of hydrogen-bond donors (Lipinski definition) is 1. The molecule has 0 aliphatic heterocycles. The van der Waals surface area contributed by atoms with E-state index in [0.717, 1.165) is 12.1 Å². The van der Waals surface area contributed by atoms with Gasteiger partial charge in [-0.1, -0.05) is 0 Å². The second kappa shape index (κ2) is 6.63. The monoisotopic (exact) mass is 359 g/mol. The average molecular weight is 359 g/mol. The molecule has 1 aromatic carbocycles. The SMILES string of the molecule is N#Cc1cc(C(F)(F)F)c(N)cc1CCc1cncc(C(F)(F)F)c1. The summed E-state index contributed by atoms with van der Waals surface area (Å²) in [6.07, 6.45) is -7.21. The van der Waals surface area contributed by atoms with Crippen LogP contribution in [0.15, 0.2) is 30.6 Å². The molecule has 0 saturated carbocycles. The third-order valence-corrected chi connectivity index (χ3v) is 3.51. The number of pyridine rings is 1. The number of aromatic nitrogens is 1. The van der Waals surface area contributed by atoms with Crippen LogP contribution in [-0.2, 0) is 25.2 Å². The smallest absolute Gasteiger partial charge is 0.398 e. The predicted molar refractivity (Wildman–Crippen MR) is 77.2 cm³/mol. The number of aryl methyl sites for hydroxylation is 2. The summed E-state index contributed by atoms with van der Waals surface area (Å²) in [4.78, 5) is 3.51. The Morgan fingerprint density at radius 2 is 1.64 bits per heavy atom. The van der Waals surface area contributed by atoms with Gasteiger partial charge in [-0.2, -0.15) is 31.6 Å². The lowest BCUT2D eigenvalue weighted by Gasteiger charge is -2.13. The molecule has 0 atom stereocenters. The van der Waals surface area contributed by atoms with E-state index in [2.05, 4.69) is 4.98 Å². The van der Waals surface area contributed by atoms with Gasteiger partial charge >= 0.3 is 12.4 Å². The number of halogens is 6. The van der Waals surface area contributed by atoms with Crippen molar-refractivity contribution in [2.75, 3.05) is 5.73 Å². The highest BCUT2D eigenvalue weighted by atomic mass is 19.4. The number of nitrogen functional groups attached to an aromatic ring is 1. The van der Waals surface area contributed by atoms with Crippen LogP contribution in [0.3, 0.4) is 0 Å². The lowest BCUT2D eigenvalue weighted by Crippen LogP contribution is -2.11. The van der Waals surface area contributed by atoms with Gasteiger partial charge in [0.1, 0.15) is 0 Å². The molecule has 0 bridgehead atoms. The van der Waals surface area contributed by atoms with Gasteiger partial charge in [0.05, 0.1) is 22.8 Å².